The molecule has 0 radical (unpaired) electrons. The summed E-state index contributed by atoms with van der Waals surface area (Å²) in [6.07, 6.45) is -0.894. The van der Waals surface area contributed by atoms with Gasteiger partial charge < -0.3 is 15.7 Å². The number of urea groups is 1. The third kappa shape index (κ3) is 4.81. The number of aliphatic hydroxyl groups is 1. The Bertz CT molecular complexity index is 701. The van der Waals surface area contributed by atoms with Gasteiger partial charge in [-0.25, -0.2) is 4.79 Å². The Balaban J connectivity index is 1.87. The molecule has 2 rings (SSSR count). The zero-order valence-electron chi connectivity index (χ0n) is 12.5. The number of ketones is 1. The second-order valence-corrected chi connectivity index (χ2v) is 5.41. The number of hydrogen-bond acceptors (Lipinski definition) is 3. The molecule has 0 bridgehead atoms. The molecule has 0 aliphatic heterocycles. The van der Waals surface area contributed by atoms with Crippen LogP contribution in [0.2, 0.25) is 5.02 Å². The van der Waals surface area contributed by atoms with E-state index in [0.717, 1.165) is 0 Å². The van der Waals surface area contributed by atoms with Crippen molar-refractivity contribution in [3.8, 4) is 0 Å². The van der Waals surface area contributed by atoms with E-state index in [1.807, 2.05) is 0 Å². The van der Waals surface area contributed by atoms with Crippen molar-refractivity contribution < 1.29 is 14.7 Å². The number of amides is 2. The molecule has 0 saturated carbocycles. The van der Waals surface area contributed by atoms with Crippen LogP contribution in [0, 0.1) is 0 Å². The number of carbonyl (C=O) groups is 2. The van der Waals surface area contributed by atoms with Crippen LogP contribution in [0.25, 0.3) is 0 Å². The Morgan fingerprint density at radius 3 is 2.39 bits per heavy atom. The number of nitrogens with one attached hydrogen (secondary N) is 2. The van der Waals surface area contributed by atoms with E-state index in [2.05, 4.69) is 10.6 Å². The van der Waals surface area contributed by atoms with Crippen molar-refractivity contribution in [3.63, 3.8) is 0 Å². The number of halogens is 1. The molecule has 0 fully saturated rings. The number of Topliss-reactive ketones (excluding diaryl/α,β-unsaturated/α-hetero) is 1. The van der Waals surface area contributed by atoms with Gasteiger partial charge in [-0.3, -0.25) is 4.79 Å². The van der Waals surface area contributed by atoms with Crippen LogP contribution in [0.15, 0.2) is 48.5 Å². The molecule has 3 N–H and O–H groups in total. The third-order valence-electron chi connectivity index (χ3n) is 3.27. The van der Waals surface area contributed by atoms with Gasteiger partial charge in [0, 0.05) is 28.4 Å². The number of carbonyl (C=O) groups excluding carboxylic acids is 2. The summed E-state index contributed by atoms with van der Waals surface area (Å²) in [6, 6.07) is 13.0. The van der Waals surface area contributed by atoms with E-state index < -0.39 is 12.1 Å². The van der Waals surface area contributed by atoms with Gasteiger partial charge in [0.2, 0.25) is 0 Å². The van der Waals surface area contributed by atoms with Gasteiger partial charge in [-0.15, -0.1) is 0 Å². The molecule has 1 unspecified atom stereocenters. The summed E-state index contributed by atoms with van der Waals surface area (Å²) in [5, 5.41) is 15.7. The molecule has 0 aliphatic carbocycles. The average Bonchev–Trinajstić information content (AvgIpc) is 2.53. The maximum Gasteiger partial charge on any atom is 0.319 e. The summed E-state index contributed by atoms with van der Waals surface area (Å²) in [4.78, 5) is 23.0. The van der Waals surface area contributed by atoms with E-state index in [1.54, 1.807) is 48.5 Å². The van der Waals surface area contributed by atoms with E-state index in [1.165, 1.54) is 6.92 Å². The van der Waals surface area contributed by atoms with Gasteiger partial charge in [0.1, 0.15) is 0 Å². The maximum atomic E-state index is 11.8. The van der Waals surface area contributed by atoms with Crippen LogP contribution in [0.4, 0.5) is 10.5 Å². The highest BCUT2D eigenvalue weighted by Gasteiger charge is 2.12. The van der Waals surface area contributed by atoms with Crippen molar-refractivity contribution in [1.29, 1.82) is 0 Å². The SMILES string of the molecule is CC(=O)c1ccc(NC(=O)NCC(O)c2ccccc2Cl)cc1. The molecule has 2 amide bonds. The fourth-order valence-electron chi connectivity index (χ4n) is 2.01. The molecule has 120 valence electrons. The molecule has 23 heavy (non-hydrogen) atoms. The van der Waals surface area contributed by atoms with Crippen molar-refractivity contribution >= 4 is 29.1 Å². The molecule has 1 atom stereocenters. The molecule has 2 aromatic rings. The summed E-state index contributed by atoms with van der Waals surface area (Å²) >= 11 is 5.99. The normalized spacial score (nSPS) is 11.6. The molecular weight excluding hydrogens is 316 g/mol. The van der Waals surface area contributed by atoms with E-state index in [4.69, 9.17) is 11.6 Å². The van der Waals surface area contributed by atoms with E-state index in [-0.39, 0.29) is 12.3 Å². The summed E-state index contributed by atoms with van der Waals surface area (Å²) in [7, 11) is 0. The van der Waals surface area contributed by atoms with Gasteiger partial charge in [-0.05, 0) is 37.3 Å². The zero-order chi connectivity index (χ0) is 16.8. The molecular formula is C17H17ClN2O3. The first-order chi connectivity index (χ1) is 11.0. The lowest BCUT2D eigenvalue weighted by atomic mass is 10.1. The van der Waals surface area contributed by atoms with E-state index in [0.29, 0.717) is 21.8 Å². The monoisotopic (exact) mass is 332 g/mol. The second kappa shape index (κ2) is 7.76. The van der Waals surface area contributed by atoms with Crippen LogP contribution in [0.3, 0.4) is 0 Å². The zero-order valence-corrected chi connectivity index (χ0v) is 13.3. The van der Waals surface area contributed by atoms with Crippen LogP contribution in [0.5, 0.6) is 0 Å². The Kier molecular flexibility index (Phi) is 5.73. The topological polar surface area (TPSA) is 78.4 Å². The van der Waals surface area contributed by atoms with Gasteiger partial charge in [-0.2, -0.15) is 0 Å². The number of anilines is 1. The number of aliphatic hydroxyl groups excluding tert-OH is 1. The Morgan fingerprint density at radius 1 is 1.13 bits per heavy atom. The van der Waals surface area contributed by atoms with Crippen LogP contribution >= 0.6 is 11.6 Å². The second-order valence-electron chi connectivity index (χ2n) is 5.01. The Hall–Kier alpha value is -2.37. The molecule has 0 aromatic heterocycles. The summed E-state index contributed by atoms with van der Waals surface area (Å²) in [5.74, 6) is -0.0381. The van der Waals surface area contributed by atoms with Crippen LogP contribution in [0.1, 0.15) is 28.9 Å². The molecule has 6 heteroatoms. The highest BCUT2D eigenvalue weighted by atomic mass is 35.5. The van der Waals surface area contributed by atoms with E-state index >= 15 is 0 Å². The number of hydrogen-bond donors (Lipinski definition) is 3. The fraction of sp³-hybridized carbons (Fsp3) is 0.176. The van der Waals surface area contributed by atoms with Crippen molar-refractivity contribution in [2.75, 3.05) is 11.9 Å². The summed E-state index contributed by atoms with van der Waals surface area (Å²) < 4.78 is 0. The average molecular weight is 333 g/mol. The highest BCUT2D eigenvalue weighted by Crippen LogP contribution is 2.21. The summed E-state index contributed by atoms with van der Waals surface area (Å²) in [6.45, 7) is 1.51. The number of rotatable bonds is 5. The Morgan fingerprint density at radius 2 is 1.78 bits per heavy atom. The van der Waals surface area contributed by atoms with Crippen LogP contribution < -0.4 is 10.6 Å². The molecule has 0 saturated heterocycles. The lowest BCUT2D eigenvalue weighted by Crippen LogP contribution is -2.32. The molecule has 5 nitrogen and oxygen atoms in total. The highest BCUT2D eigenvalue weighted by molar-refractivity contribution is 6.31. The first-order valence-electron chi connectivity index (χ1n) is 7.05. The van der Waals surface area contributed by atoms with E-state index in [9.17, 15) is 14.7 Å². The molecule has 0 heterocycles. The molecule has 2 aromatic carbocycles. The minimum atomic E-state index is -0.894. The smallest absolute Gasteiger partial charge is 0.319 e. The standard InChI is InChI=1S/C17H17ClN2O3/c1-11(21)12-6-8-13(9-7-12)20-17(23)19-10-16(22)14-4-2-3-5-15(14)18/h2-9,16,22H,10H2,1H3,(H2,19,20,23). The first-order valence-corrected chi connectivity index (χ1v) is 7.43. The lowest BCUT2D eigenvalue weighted by molar-refractivity contribution is 0.101. The van der Waals surface area contributed by atoms with Crippen molar-refractivity contribution in [1.82, 2.24) is 5.32 Å². The molecule has 0 aliphatic rings. The van der Waals surface area contributed by atoms with Gasteiger partial charge in [-0.1, -0.05) is 29.8 Å². The minimum Gasteiger partial charge on any atom is -0.387 e. The predicted molar refractivity (Wildman–Crippen MR) is 89.9 cm³/mol. The van der Waals surface area contributed by atoms with Gasteiger partial charge in [0.15, 0.2) is 5.78 Å². The van der Waals surface area contributed by atoms with Crippen molar-refractivity contribution in [2.24, 2.45) is 0 Å². The van der Waals surface area contributed by atoms with Crippen molar-refractivity contribution in [2.45, 2.75) is 13.0 Å². The fourth-order valence-corrected chi connectivity index (χ4v) is 2.27. The minimum absolute atomic E-state index is 0.0289. The third-order valence-corrected chi connectivity index (χ3v) is 3.61. The van der Waals surface area contributed by atoms with Gasteiger partial charge in [0.05, 0.1) is 6.10 Å². The van der Waals surface area contributed by atoms with Crippen LogP contribution in [-0.2, 0) is 0 Å². The van der Waals surface area contributed by atoms with Gasteiger partial charge in [0.25, 0.3) is 0 Å². The molecule has 0 spiro atoms. The van der Waals surface area contributed by atoms with Gasteiger partial charge >= 0.3 is 6.03 Å². The number of benzene rings is 2. The lowest BCUT2D eigenvalue weighted by Gasteiger charge is -2.14. The quantitative estimate of drug-likeness (QED) is 0.734. The summed E-state index contributed by atoms with van der Waals surface area (Å²) in [5.41, 5.74) is 1.69. The van der Waals surface area contributed by atoms with Crippen LogP contribution in [-0.4, -0.2) is 23.5 Å². The first kappa shape index (κ1) is 17.0. The Labute approximate surface area is 139 Å². The maximum absolute atomic E-state index is 11.8. The van der Waals surface area contributed by atoms with Crippen molar-refractivity contribution in [3.05, 3.63) is 64.7 Å². The predicted octanol–water partition coefficient (Wildman–Crippen LogP) is 3.40. The largest absolute Gasteiger partial charge is 0.387 e.